The smallest absolute Gasteiger partial charge is 0.295 e. The zero-order valence-electron chi connectivity index (χ0n) is 11.8. The molecule has 0 spiro atoms. The lowest BCUT2D eigenvalue weighted by Crippen LogP contribution is -2.38. The molecule has 20 heavy (non-hydrogen) atoms. The van der Waals surface area contributed by atoms with Crippen LogP contribution in [-0.4, -0.2) is 27.7 Å². The van der Waals surface area contributed by atoms with E-state index < -0.39 is 5.91 Å². The topological polar surface area (TPSA) is 66.1 Å². The molecule has 1 N–H and O–H groups in total. The van der Waals surface area contributed by atoms with Gasteiger partial charge in [0.05, 0.1) is 17.4 Å². The number of rotatable bonds is 2. The lowest BCUT2D eigenvalue weighted by Gasteiger charge is -2.29. The fourth-order valence-electron chi connectivity index (χ4n) is 3.07. The number of carbonyl (C=O) groups is 2. The van der Waals surface area contributed by atoms with Crippen molar-refractivity contribution in [3.05, 3.63) is 24.5 Å². The molecule has 2 unspecified atom stereocenters. The number of aromatic amines is 1. The van der Waals surface area contributed by atoms with Gasteiger partial charge in [-0.05, 0) is 24.1 Å². The van der Waals surface area contributed by atoms with Gasteiger partial charge in [-0.2, -0.15) is 0 Å². The summed E-state index contributed by atoms with van der Waals surface area (Å²) in [6.45, 7) is 5.91. The summed E-state index contributed by atoms with van der Waals surface area (Å²) in [4.78, 5) is 33.1. The largest absolute Gasteiger partial charge is 0.345 e. The summed E-state index contributed by atoms with van der Waals surface area (Å²) in [5.41, 5.74) is 2.47. The zero-order valence-corrected chi connectivity index (χ0v) is 11.8. The summed E-state index contributed by atoms with van der Waals surface area (Å²) in [6.07, 6.45) is 1.62. The quantitative estimate of drug-likeness (QED) is 0.851. The molecule has 3 rings (SSSR count). The van der Waals surface area contributed by atoms with Gasteiger partial charge in [-0.15, -0.1) is 0 Å². The number of Topliss-reactive ketones (excluding diaryl/α,β-unsaturated/α-hetero) is 1. The van der Waals surface area contributed by atoms with Crippen LogP contribution >= 0.6 is 0 Å². The molecule has 2 heterocycles. The summed E-state index contributed by atoms with van der Waals surface area (Å²) < 4.78 is 0. The second-order valence-electron chi connectivity index (χ2n) is 5.67. The Labute approximate surface area is 117 Å². The number of anilines is 1. The highest BCUT2D eigenvalue weighted by molar-refractivity contribution is 6.44. The van der Waals surface area contributed by atoms with Crippen LogP contribution in [0, 0.1) is 11.8 Å². The standard InChI is InChI=1S/C15H17N3O2/c1-8(2)13-9(3)14(19)15(20)18(13)10-4-5-11-12(6-10)17-7-16-11/h4-9,13H,1-3H3,(H,16,17). The number of ketones is 1. The first-order valence-electron chi connectivity index (χ1n) is 6.81. The van der Waals surface area contributed by atoms with Crippen molar-refractivity contribution in [1.29, 1.82) is 0 Å². The Morgan fingerprint density at radius 2 is 2.05 bits per heavy atom. The molecule has 2 atom stereocenters. The lowest BCUT2D eigenvalue weighted by molar-refractivity contribution is -0.135. The first kappa shape index (κ1) is 12.8. The van der Waals surface area contributed by atoms with E-state index in [9.17, 15) is 9.59 Å². The molecule has 0 bridgehead atoms. The number of H-pyrrole nitrogens is 1. The second-order valence-corrected chi connectivity index (χ2v) is 5.67. The number of amides is 1. The molecule has 0 radical (unpaired) electrons. The summed E-state index contributed by atoms with van der Waals surface area (Å²) in [7, 11) is 0. The number of aromatic nitrogens is 2. The number of nitrogens with one attached hydrogen (secondary N) is 1. The molecular formula is C15H17N3O2. The number of nitrogens with zero attached hydrogens (tertiary/aromatic N) is 2. The molecule has 104 valence electrons. The molecule has 5 heteroatoms. The Morgan fingerprint density at radius 1 is 1.30 bits per heavy atom. The van der Waals surface area contributed by atoms with Crippen LogP contribution < -0.4 is 4.90 Å². The number of hydrogen-bond acceptors (Lipinski definition) is 3. The van der Waals surface area contributed by atoms with Crippen molar-refractivity contribution in [3.63, 3.8) is 0 Å². The molecule has 1 aliphatic heterocycles. The minimum absolute atomic E-state index is 0.0876. The summed E-state index contributed by atoms with van der Waals surface area (Å²) in [5.74, 6) is -0.749. The lowest BCUT2D eigenvalue weighted by atomic mass is 9.92. The fraction of sp³-hybridized carbons (Fsp3) is 0.400. The molecule has 1 amide bonds. The summed E-state index contributed by atoms with van der Waals surface area (Å²) in [6, 6.07) is 5.50. The van der Waals surface area contributed by atoms with E-state index in [4.69, 9.17) is 0 Å². The molecule has 2 aromatic rings. The molecular weight excluding hydrogens is 254 g/mol. The van der Waals surface area contributed by atoms with Gasteiger partial charge in [0.15, 0.2) is 0 Å². The first-order valence-corrected chi connectivity index (χ1v) is 6.81. The van der Waals surface area contributed by atoms with Gasteiger partial charge in [0.1, 0.15) is 0 Å². The van der Waals surface area contributed by atoms with Crippen LogP contribution in [0.4, 0.5) is 5.69 Å². The van der Waals surface area contributed by atoms with Crippen molar-refractivity contribution < 1.29 is 9.59 Å². The number of hydrogen-bond donors (Lipinski definition) is 1. The second kappa shape index (κ2) is 4.44. The molecule has 1 saturated heterocycles. The third-order valence-corrected chi connectivity index (χ3v) is 4.02. The van der Waals surface area contributed by atoms with Crippen LogP contribution in [0.5, 0.6) is 0 Å². The number of fused-ring (bicyclic) bond motifs is 1. The van der Waals surface area contributed by atoms with Gasteiger partial charge >= 0.3 is 0 Å². The monoisotopic (exact) mass is 271 g/mol. The normalized spacial score (nSPS) is 23.3. The van der Waals surface area contributed by atoms with E-state index in [1.165, 1.54) is 0 Å². The summed E-state index contributed by atoms with van der Waals surface area (Å²) in [5, 5.41) is 0. The Morgan fingerprint density at radius 3 is 2.75 bits per heavy atom. The highest BCUT2D eigenvalue weighted by Crippen LogP contribution is 2.33. The van der Waals surface area contributed by atoms with Gasteiger partial charge < -0.3 is 9.88 Å². The number of carbonyl (C=O) groups excluding carboxylic acids is 2. The minimum Gasteiger partial charge on any atom is -0.345 e. The van der Waals surface area contributed by atoms with E-state index in [0.29, 0.717) is 0 Å². The van der Waals surface area contributed by atoms with Gasteiger partial charge in [-0.1, -0.05) is 20.8 Å². The van der Waals surface area contributed by atoms with Crippen LogP contribution in [-0.2, 0) is 9.59 Å². The Kier molecular flexibility index (Phi) is 2.85. The third kappa shape index (κ3) is 1.73. The highest BCUT2D eigenvalue weighted by Gasteiger charge is 2.46. The predicted octanol–water partition coefficient (Wildman–Crippen LogP) is 2.14. The third-order valence-electron chi connectivity index (χ3n) is 4.02. The Balaban J connectivity index is 2.10. The van der Waals surface area contributed by atoms with Crippen molar-refractivity contribution in [2.75, 3.05) is 4.90 Å². The van der Waals surface area contributed by atoms with Crippen molar-refractivity contribution in [3.8, 4) is 0 Å². The SMILES string of the molecule is CC(C)C1C(C)C(=O)C(=O)N1c1ccc2nc[nH]c2c1. The zero-order chi connectivity index (χ0) is 14.4. The average Bonchev–Trinajstić information content (AvgIpc) is 2.96. The van der Waals surface area contributed by atoms with Crippen LogP contribution in [0.15, 0.2) is 24.5 Å². The van der Waals surface area contributed by atoms with Crippen molar-refractivity contribution in [2.24, 2.45) is 11.8 Å². The average molecular weight is 271 g/mol. The van der Waals surface area contributed by atoms with Crippen LogP contribution in [0.3, 0.4) is 0 Å². The van der Waals surface area contributed by atoms with Crippen molar-refractivity contribution >= 4 is 28.4 Å². The molecule has 0 saturated carbocycles. The van der Waals surface area contributed by atoms with Crippen LogP contribution in [0.25, 0.3) is 11.0 Å². The van der Waals surface area contributed by atoms with E-state index in [0.717, 1.165) is 16.7 Å². The van der Waals surface area contributed by atoms with E-state index in [-0.39, 0.29) is 23.7 Å². The van der Waals surface area contributed by atoms with E-state index in [1.54, 1.807) is 11.2 Å². The fourth-order valence-corrected chi connectivity index (χ4v) is 3.07. The van der Waals surface area contributed by atoms with E-state index >= 15 is 0 Å². The van der Waals surface area contributed by atoms with Gasteiger partial charge in [0, 0.05) is 17.6 Å². The Bertz CT molecular complexity index is 689. The van der Waals surface area contributed by atoms with Crippen LogP contribution in [0.2, 0.25) is 0 Å². The molecule has 1 fully saturated rings. The molecule has 1 aromatic carbocycles. The number of benzene rings is 1. The van der Waals surface area contributed by atoms with E-state index in [2.05, 4.69) is 9.97 Å². The summed E-state index contributed by atoms with van der Waals surface area (Å²) >= 11 is 0. The maximum absolute atomic E-state index is 12.3. The van der Waals surface area contributed by atoms with E-state index in [1.807, 2.05) is 39.0 Å². The molecule has 1 aliphatic rings. The van der Waals surface area contributed by atoms with Crippen LogP contribution in [0.1, 0.15) is 20.8 Å². The maximum Gasteiger partial charge on any atom is 0.295 e. The van der Waals surface area contributed by atoms with Crippen molar-refractivity contribution in [2.45, 2.75) is 26.8 Å². The maximum atomic E-state index is 12.3. The Hall–Kier alpha value is -2.17. The highest BCUT2D eigenvalue weighted by atomic mass is 16.2. The van der Waals surface area contributed by atoms with Gasteiger partial charge in [0.25, 0.3) is 5.91 Å². The first-order chi connectivity index (χ1) is 9.50. The van der Waals surface area contributed by atoms with Crippen molar-refractivity contribution in [1.82, 2.24) is 9.97 Å². The van der Waals surface area contributed by atoms with Gasteiger partial charge in [-0.25, -0.2) is 4.98 Å². The number of imidazole rings is 1. The van der Waals surface area contributed by atoms with Gasteiger partial charge in [-0.3, -0.25) is 9.59 Å². The van der Waals surface area contributed by atoms with Gasteiger partial charge in [0.2, 0.25) is 5.78 Å². The molecule has 1 aromatic heterocycles. The molecule has 5 nitrogen and oxygen atoms in total. The minimum atomic E-state index is -0.407. The molecule has 0 aliphatic carbocycles. The predicted molar refractivity (Wildman–Crippen MR) is 76.4 cm³/mol.